The van der Waals surface area contributed by atoms with E-state index in [0.717, 1.165) is 41.1 Å². The molecule has 0 radical (unpaired) electrons. The summed E-state index contributed by atoms with van der Waals surface area (Å²) < 4.78 is 1.94. The molecule has 1 unspecified atom stereocenters. The number of aromatic nitrogens is 4. The predicted molar refractivity (Wildman–Crippen MR) is 135 cm³/mol. The van der Waals surface area contributed by atoms with E-state index >= 15 is 0 Å². The lowest BCUT2D eigenvalue weighted by atomic mass is 10.0. The minimum absolute atomic E-state index is 0.0648. The first kappa shape index (κ1) is 23.0. The van der Waals surface area contributed by atoms with Crippen molar-refractivity contribution < 1.29 is 5.11 Å². The molecule has 3 aromatic heterocycles. The molecule has 0 saturated carbocycles. The van der Waals surface area contributed by atoms with Crippen molar-refractivity contribution in [3.63, 3.8) is 0 Å². The second-order valence-electron chi connectivity index (χ2n) is 9.15. The predicted octanol–water partition coefficient (Wildman–Crippen LogP) is 4.27. The van der Waals surface area contributed by atoms with Gasteiger partial charge in [-0.15, -0.1) is 0 Å². The van der Waals surface area contributed by atoms with Gasteiger partial charge in [-0.1, -0.05) is 30.3 Å². The van der Waals surface area contributed by atoms with E-state index in [1.165, 1.54) is 12.8 Å². The van der Waals surface area contributed by atoms with Crippen molar-refractivity contribution in [3.8, 4) is 17.5 Å². The van der Waals surface area contributed by atoms with Crippen LogP contribution in [-0.4, -0.2) is 49.0 Å². The largest absolute Gasteiger partial charge is 0.387 e. The van der Waals surface area contributed by atoms with Crippen molar-refractivity contribution in [2.45, 2.75) is 38.8 Å². The Balaban J connectivity index is 1.34. The zero-order valence-corrected chi connectivity index (χ0v) is 20.0. The number of rotatable bonds is 7. The van der Waals surface area contributed by atoms with Crippen LogP contribution in [0.2, 0.25) is 0 Å². The second-order valence-corrected chi connectivity index (χ2v) is 9.15. The SMILES string of the molecule is Cc1cccn2c(-c3nc(N[C@@H](C)c4ccc(C(O)CN5CCCC5)cc4)ncc3C#N)cnc12. The van der Waals surface area contributed by atoms with Crippen molar-refractivity contribution in [1.82, 2.24) is 24.3 Å². The standard InChI is InChI=1S/C27H29N7O/c1-18-6-5-13-34-23(16-29-26(18)34)25-22(14-28)15-30-27(32-25)31-19(2)20-7-9-21(10-8-20)24(35)17-33-11-3-4-12-33/h5-10,13,15-16,19,24,35H,3-4,11-12,17H2,1-2H3,(H,30,31,32)/t19-,24?/m0/s1. The number of nitrogens with one attached hydrogen (secondary N) is 1. The number of likely N-dealkylation sites (tertiary alicyclic amines) is 1. The van der Waals surface area contributed by atoms with Gasteiger partial charge in [0.05, 0.1) is 35.8 Å². The number of aryl methyl sites for hydroxylation is 1. The second kappa shape index (κ2) is 9.82. The third-order valence-electron chi connectivity index (χ3n) is 6.68. The number of imidazole rings is 1. The fourth-order valence-corrected chi connectivity index (χ4v) is 4.65. The van der Waals surface area contributed by atoms with Gasteiger partial charge in [0.15, 0.2) is 0 Å². The molecule has 4 heterocycles. The molecule has 0 aliphatic carbocycles. The number of benzene rings is 1. The van der Waals surface area contributed by atoms with E-state index in [0.29, 0.717) is 23.8 Å². The van der Waals surface area contributed by atoms with Crippen molar-refractivity contribution >= 4 is 11.6 Å². The molecule has 1 aliphatic heterocycles. The molecule has 5 rings (SSSR count). The van der Waals surface area contributed by atoms with Crippen molar-refractivity contribution in [1.29, 1.82) is 5.26 Å². The molecule has 2 N–H and O–H groups in total. The number of hydrogen-bond acceptors (Lipinski definition) is 7. The third-order valence-corrected chi connectivity index (χ3v) is 6.68. The van der Waals surface area contributed by atoms with Crippen LogP contribution >= 0.6 is 0 Å². The molecule has 178 valence electrons. The maximum atomic E-state index is 10.6. The van der Waals surface area contributed by atoms with Gasteiger partial charge in [-0.05, 0) is 62.5 Å². The summed E-state index contributed by atoms with van der Waals surface area (Å²) in [6.45, 7) is 6.85. The average molecular weight is 468 g/mol. The summed E-state index contributed by atoms with van der Waals surface area (Å²) in [6.07, 6.45) is 7.15. The molecule has 35 heavy (non-hydrogen) atoms. The Labute approximate surface area is 204 Å². The Hall–Kier alpha value is -3.80. The van der Waals surface area contributed by atoms with Gasteiger partial charge in [-0.3, -0.25) is 4.40 Å². The normalized spacial score (nSPS) is 15.7. The van der Waals surface area contributed by atoms with Gasteiger partial charge in [0.1, 0.15) is 17.4 Å². The van der Waals surface area contributed by atoms with E-state index in [2.05, 4.69) is 31.2 Å². The van der Waals surface area contributed by atoms with Crippen molar-refractivity contribution in [2.24, 2.45) is 0 Å². The Morgan fingerprint density at radius 3 is 2.57 bits per heavy atom. The molecule has 0 bridgehead atoms. The van der Waals surface area contributed by atoms with Gasteiger partial charge in [0.25, 0.3) is 0 Å². The summed E-state index contributed by atoms with van der Waals surface area (Å²) in [5.74, 6) is 0.437. The molecule has 1 aromatic carbocycles. The number of nitriles is 1. The summed E-state index contributed by atoms with van der Waals surface area (Å²) in [6, 6.07) is 14.1. The summed E-state index contributed by atoms with van der Waals surface area (Å²) in [7, 11) is 0. The van der Waals surface area contributed by atoms with E-state index < -0.39 is 6.10 Å². The van der Waals surface area contributed by atoms with Crippen LogP contribution < -0.4 is 5.32 Å². The van der Waals surface area contributed by atoms with Crippen LogP contribution in [-0.2, 0) is 0 Å². The van der Waals surface area contributed by atoms with Crippen molar-refractivity contribution in [3.05, 3.63) is 77.2 Å². The lowest BCUT2D eigenvalue weighted by Crippen LogP contribution is -2.25. The molecular formula is C27H29N7O. The zero-order chi connectivity index (χ0) is 24.4. The molecule has 1 aliphatic rings. The third kappa shape index (κ3) is 4.74. The van der Waals surface area contributed by atoms with Gasteiger partial charge < -0.3 is 15.3 Å². The molecular weight excluding hydrogens is 438 g/mol. The smallest absolute Gasteiger partial charge is 0.223 e. The minimum Gasteiger partial charge on any atom is -0.387 e. The quantitative estimate of drug-likeness (QED) is 0.418. The molecule has 1 fully saturated rings. The number of aliphatic hydroxyl groups excluding tert-OH is 1. The molecule has 1 saturated heterocycles. The van der Waals surface area contributed by atoms with Gasteiger partial charge in [-0.2, -0.15) is 5.26 Å². The van der Waals surface area contributed by atoms with E-state index in [1.807, 2.05) is 60.8 Å². The first-order chi connectivity index (χ1) is 17.0. The van der Waals surface area contributed by atoms with Crippen LogP contribution in [0.3, 0.4) is 0 Å². The van der Waals surface area contributed by atoms with Crippen LogP contribution in [0.5, 0.6) is 0 Å². The number of nitrogens with zero attached hydrogens (tertiary/aromatic N) is 6. The van der Waals surface area contributed by atoms with Crippen LogP contribution in [0, 0.1) is 18.3 Å². The maximum Gasteiger partial charge on any atom is 0.223 e. The highest BCUT2D eigenvalue weighted by Crippen LogP contribution is 2.26. The summed E-state index contributed by atoms with van der Waals surface area (Å²) >= 11 is 0. The number of aliphatic hydroxyl groups is 1. The van der Waals surface area contributed by atoms with Crippen molar-refractivity contribution in [2.75, 3.05) is 25.0 Å². The molecule has 8 heteroatoms. The molecule has 0 amide bonds. The number of anilines is 1. The van der Waals surface area contributed by atoms with Crippen LogP contribution in [0.15, 0.2) is 55.0 Å². The fourth-order valence-electron chi connectivity index (χ4n) is 4.65. The topological polar surface area (TPSA) is 102 Å². The summed E-state index contributed by atoms with van der Waals surface area (Å²) in [4.78, 5) is 15.9. The number of β-amino-alcohol motifs (C(OH)–C–C–N with tert-alkyl or cyclic N) is 1. The van der Waals surface area contributed by atoms with E-state index in [1.54, 1.807) is 12.4 Å². The lowest BCUT2D eigenvalue weighted by Gasteiger charge is -2.20. The molecule has 8 nitrogen and oxygen atoms in total. The van der Waals surface area contributed by atoms with Crippen LogP contribution in [0.4, 0.5) is 5.95 Å². The average Bonchev–Trinajstić information content (AvgIpc) is 3.55. The highest BCUT2D eigenvalue weighted by molar-refractivity contribution is 5.68. The summed E-state index contributed by atoms with van der Waals surface area (Å²) in [5, 5.41) is 23.6. The zero-order valence-electron chi connectivity index (χ0n) is 20.0. The maximum absolute atomic E-state index is 10.6. The van der Waals surface area contributed by atoms with Gasteiger partial charge in [0, 0.05) is 12.7 Å². The first-order valence-corrected chi connectivity index (χ1v) is 12.0. The highest BCUT2D eigenvalue weighted by Gasteiger charge is 2.18. The Morgan fingerprint density at radius 1 is 1.09 bits per heavy atom. The van der Waals surface area contributed by atoms with Gasteiger partial charge >= 0.3 is 0 Å². The first-order valence-electron chi connectivity index (χ1n) is 12.0. The van der Waals surface area contributed by atoms with Gasteiger partial charge in [-0.25, -0.2) is 15.0 Å². The van der Waals surface area contributed by atoms with Crippen LogP contribution in [0.1, 0.15) is 54.2 Å². The number of fused-ring (bicyclic) bond motifs is 1. The molecule has 0 spiro atoms. The van der Waals surface area contributed by atoms with Crippen LogP contribution in [0.25, 0.3) is 17.0 Å². The molecule has 2 atom stereocenters. The van der Waals surface area contributed by atoms with E-state index in [-0.39, 0.29) is 6.04 Å². The summed E-state index contributed by atoms with van der Waals surface area (Å²) in [5.41, 5.74) is 5.54. The number of hydrogen-bond donors (Lipinski definition) is 2. The Kier molecular flexibility index (Phi) is 6.45. The van der Waals surface area contributed by atoms with E-state index in [4.69, 9.17) is 0 Å². The fraction of sp³-hybridized carbons (Fsp3) is 0.333. The highest BCUT2D eigenvalue weighted by atomic mass is 16.3. The Morgan fingerprint density at radius 2 is 1.83 bits per heavy atom. The number of pyridine rings is 1. The minimum atomic E-state index is -0.482. The molecule has 4 aromatic rings. The Bertz CT molecular complexity index is 1370. The van der Waals surface area contributed by atoms with E-state index in [9.17, 15) is 10.4 Å². The van der Waals surface area contributed by atoms with Gasteiger partial charge in [0.2, 0.25) is 5.95 Å². The lowest BCUT2D eigenvalue weighted by molar-refractivity contribution is 0.126. The monoisotopic (exact) mass is 467 g/mol.